The number of ether oxygens (including phenoxy) is 1. The largest absolute Gasteiger partial charge is 0.497 e. The molecular formula is C26H20BrNO4. The molecule has 0 fully saturated rings. The summed E-state index contributed by atoms with van der Waals surface area (Å²) in [7, 11) is 1.63. The van der Waals surface area contributed by atoms with E-state index < -0.39 is 6.04 Å². The van der Waals surface area contributed by atoms with Crippen LogP contribution in [0.1, 0.15) is 33.3 Å². The van der Waals surface area contributed by atoms with Gasteiger partial charge in [0.1, 0.15) is 11.3 Å². The molecule has 4 aromatic rings. The minimum Gasteiger partial charge on any atom is -0.497 e. The molecule has 3 aromatic carbocycles. The van der Waals surface area contributed by atoms with Crippen LogP contribution < -0.4 is 10.2 Å². The lowest BCUT2D eigenvalue weighted by Crippen LogP contribution is -2.31. The summed E-state index contributed by atoms with van der Waals surface area (Å²) in [5, 5.41) is 0.482. The number of benzene rings is 3. The smallest absolute Gasteiger partial charge is 0.290 e. The standard InChI is InChI=1S/C26H20BrNO4/c1-31-19-11-9-16(10-12-19)13-14-28-23(17-5-4-6-18(27)15-17)22-24(29)20-7-2-3-8-21(20)32-25(22)26(28)30/h2-12,15,23H,13-14H2,1H3. The van der Waals surface area contributed by atoms with Gasteiger partial charge in [-0.3, -0.25) is 9.59 Å². The van der Waals surface area contributed by atoms with Gasteiger partial charge in [0.25, 0.3) is 5.91 Å². The third-order valence-electron chi connectivity index (χ3n) is 5.84. The maximum Gasteiger partial charge on any atom is 0.290 e. The van der Waals surface area contributed by atoms with Crippen molar-refractivity contribution in [3.05, 3.63) is 110 Å². The van der Waals surface area contributed by atoms with E-state index in [1.54, 1.807) is 36.3 Å². The molecule has 0 N–H and O–H groups in total. The Bertz CT molecular complexity index is 1380. The van der Waals surface area contributed by atoms with Crippen LogP contribution in [-0.2, 0) is 6.42 Å². The van der Waals surface area contributed by atoms with E-state index >= 15 is 0 Å². The second kappa shape index (κ2) is 8.28. The molecule has 0 saturated heterocycles. The molecule has 1 amide bonds. The van der Waals surface area contributed by atoms with Gasteiger partial charge in [-0.15, -0.1) is 0 Å². The second-order valence-corrected chi connectivity index (χ2v) is 8.64. The minimum absolute atomic E-state index is 0.133. The van der Waals surface area contributed by atoms with E-state index in [2.05, 4.69) is 15.9 Å². The Kier molecular flexibility index (Phi) is 5.31. The fourth-order valence-corrected chi connectivity index (χ4v) is 4.68. The maximum absolute atomic E-state index is 13.5. The summed E-state index contributed by atoms with van der Waals surface area (Å²) in [5.41, 5.74) is 2.61. The van der Waals surface area contributed by atoms with Gasteiger partial charge in [0.2, 0.25) is 5.76 Å². The van der Waals surface area contributed by atoms with Gasteiger partial charge in [-0.2, -0.15) is 0 Å². The highest BCUT2D eigenvalue weighted by atomic mass is 79.9. The number of hydrogen-bond acceptors (Lipinski definition) is 4. The van der Waals surface area contributed by atoms with Crippen molar-refractivity contribution in [2.45, 2.75) is 12.5 Å². The number of halogens is 1. The van der Waals surface area contributed by atoms with Crippen LogP contribution in [0.5, 0.6) is 5.75 Å². The summed E-state index contributed by atoms with van der Waals surface area (Å²) in [6.07, 6.45) is 0.641. The van der Waals surface area contributed by atoms with Crippen LogP contribution in [0.3, 0.4) is 0 Å². The maximum atomic E-state index is 13.5. The zero-order valence-corrected chi connectivity index (χ0v) is 19.0. The van der Waals surface area contributed by atoms with Gasteiger partial charge in [0, 0.05) is 11.0 Å². The molecule has 0 saturated carbocycles. The number of carbonyl (C=O) groups is 1. The van der Waals surface area contributed by atoms with Gasteiger partial charge in [-0.25, -0.2) is 0 Å². The third-order valence-corrected chi connectivity index (χ3v) is 6.33. The Morgan fingerprint density at radius 3 is 2.53 bits per heavy atom. The highest BCUT2D eigenvalue weighted by molar-refractivity contribution is 9.10. The topological polar surface area (TPSA) is 59.8 Å². The van der Waals surface area contributed by atoms with E-state index in [4.69, 9.17) is 9.15 Å². The fraction of sp³-hybridized carbons (Fsp3) is 0.154. The van der Waals surface area contributed by atoms with E-state index in [9.17, 15) is 9.59 Å². The average molecular weight is 490 g/mol. The predicted molar refractivity (Wildman–Crippen MR) is 126 cm³/mol. The highest BCUT2D eigenvalue weighted by Crippen LogP contribution is 2.38. The first-order valence-corrected chi connectivity index (χ1v) is 11.1. The molecule has 5 rings (SSSR count). The van der Waals surface area contributed by atoms with Crippen molar-refractivity contribution in [1.82, 2.24) is 4.90 Å². The molecule has 1 aromatic heterocycles. The molecular weight excluding hydrogens is 470 g/mol. The van der Waals surface area contributed by atoms with E-state index in [0.717, 1.165) is 21.3 Å². The first-order chi connectivity index (χ1) is 15.6. The summed E-state index contributed by atoms with van der Waals surface area (Å²) in [6, 6.07) is 22.0. The van der Waals surface area contributed by atoms with Crippen molar-refractivity contribution in [1.29, 1.82) is 0 Å². The number of fused-ring (bicyclic) bond motifs is 2. The second-order valence-electron chi connectivity index (χ2n) is 7.72. The third kappa shape index (κ3) is 3.50. The Morgan fingerprint density at radius 2 is 1.78 bits per heavy atom. The Labute approximate surface area is 193 Å². The molecule has 0 aliphatic carbocycles. The molecule has 0 spiro atoms. The molecule has 32 heavy (non-hydrogen) atoms. The number of rotatable bonds is 5. The van der Waals surface area contributed by atoms with E-state index in [1.165, 1.54) is 0 Å². The monoisotopic (exact) mass is 489 g/mol. The predicted octanol–water partition coefficient (Wildman–Crippen LogP) is 5.35. The van der Waals surface area contributed by atoms with Gasteiger partial charge in [0.15, 0.2) is 5.43 Å². The molecule has 5 nitrogen and oxygen atoms in total. The van der Waals surface area contributed by atoms with E-state index in [0.29, 0.717) is 29.5 Å². The lowest BCUT2D eigenvalue weighted by molar-refractivity contribution is 0.0730. The van der Waals surface area contributed by atoms with Crippen molar-refractivity contribution in [3.63, 3.8) is 0 Å². The lowest BCUT2D eigenvalue weighted by atomic mass is 9.98. The Morgan fingerprint density at radius 1 is 1.00 bits per heavy atom. The van der Waals surface area contributed by atoms with Crippen molar-refractivity contribution >= 4 is 32.8 Å². The fourth-order valence-electron chi connectivity index (χ4n) is 4.26. The van der Waals surface area contributed by atoms with Crippen LogP contribution in [0.15, 0.2) is 86.5 Å². The molecule has 0 radical (unpaired) electrons. The quantitative estimate of drug-likeness (QED) is 0.379. The normalized spacial score (nSPS) is 15.2. The summed E-state index contributed by atoms with van der Waals surface area (Å²) >= 11 is 3.51. The number of nitrogens with zero attached hydrogens (tertiary/aromatic N) is 1. The van der Waals surface area contributed by atoms with Crippen LogP contribution >= 0.6 is 15.9 Å². The lowest BCUT2D eigenvalue weighted by Gasteiger charge is -2.25. The number of carbonyl (C=O) groups excluding carboxylic acids is 1. The van der Waals surface area contributed by atoms with Gasteiger partial charge in [-0.1, -0.05) is 52.3 Å². The van der Waals surface area contributed by atoms with Crippen molar-refractivity contribution in [2.24, 2.45) is 0 Å². The minimum atomic E-state index is -0.505. The summed E-state index contributed by atoms with van der Waals surface area (Å²) in [6.45, 7) is 0.447. The van der Waals surface area contributed by atoms with Crippen LogP contribution in [0, 0.1) is 0 Å². The van der Waals surface area contributed by atoms with Crippen molar-refractivity contribution < 1.29 is 13.9 Å². The van der Waals surface area contributed by atoms with Crippen LogP contribution in [-0.4, -0.2) is 24.5 Å². The Balaban J connectivity index is 1.59. The zero-order chi connectivity index (χ0) is 22.2. The van der Waals surface area contributed by atoms with E-state index in [1.807, 2.05) is 48.5 Å². The summed E-state index contributed by atoms with van der Waals surface area (Å²) in [5.74, 6) is 0.654. The average Bonchev–Trinajstić information content (AvgIpc) is 3.10. The van der Waals surface area contributed by atoms with Gasteiger partial charge >= 0.3 is 0 Å². The van der Waals surface area contributed by atoms with Crippen LogP contribution in [0.4, 0.5) is 0 Å². The number of methoxy groups -OCH3 is 1. The van der Waals surface area contributed by atoms with Crippen LogP contribution in [0.25, 0.3) is 11.0 Å². The Hall–Kier alpha value is -3.38. The molecule has 1 unspecified atom stereocenters. The zero-order valence-electron chi connectivity index (χ0n) is 17.4. The molecule has 1 aliphatic rings. The van der Waals surface area contributed by atoms with Gasteiger partial charge < -0.3 is 14.1 Å². The highest BCUT2D eigenvalue weighted by Gasteiger charge is 2.42. The number of para-hydroxylation sites is 1. The summed E-state index contributed by atoms with van der Waals surface area (Å²) < 4.78 is 12.1. The molecule has 6 heteroatoms. The van der Waals surface area contributed by atoms with E-state index in [-0.39, 0.29) is 17.1 Å². The first kappa shape index (κ1) is 20.5. The SMILES string of the molecule is COc1ccc(CCN2C(=O)c3oc4ccccc4c(=O)c3C2c2cccc(Br)c2)cc1. The van der Waals surface area contributed by atoms with Crippen LogP contribution in [0.2, 0.25) is 0 Å². The van der Waals surface area contributed by atoms with Gasteiger partial charge in [0.05, 0.1) is 24.1 Å². The molecule has 0 bridgehead atoms. The molecule has 1 atom stereocenters. The molecule has 160 valence electrons. The first-order valence-electron chi connectivity index (χ1n) is 10.3. The number of hydrogen-bond donors (Lipinski definition) is 0. The number of amides is 1. The summed E-state index contributed by atoms with van der Waals surface area (Å²) in [4.78, 5) is 28.6. The molecule has 2 heterocycles. The van der Waals surface area contributed by atoms with Crippen molar-refractivity contribution in [2.75, 3.05) is 13.7 Å². The van der Waals surface area contributed by atoms with Crippen molar-refractivity contribution in [3.8, 4) is 5.75 Å². The van der Waals surface area contributed by atoms with Gasteiger partial charge in [-0.05, 0) is 53.9 Å². The molecule has 1 aliphatic heterocycles.